The topological polar surface area (TPSA) is 95.2 Å². The van der Waals surface area contributed by atoms with Crippen molar-refractivity contribution >= 4 is 6.09 Å². The van der Waals surface area contributed by atoms with Crippen LogP contribution in [0.25, 0.3) is 0 Å². The molecular formula is C9H14N4O2. The second-order valence-electron chi connectivity index (χ2n) is 3.66. The Morgan fingerprint density at radius 3 is 3.20 bits per heavy atom. The lowest BCUT2D eigenvalue weighted by molar-refractivity contribution is 0.139. The van der Waals surface area contributed by atoms with E-state index >= 15 is 0 Å². The van der Waals surface area contributed by atoms with Crippen LogP contribution >= 0.6 is 0 Å². The Balaban J connectivity index is 2.18. The summed E-state index contributed by atoms with van der Waals surface area (Å²) in [5.74, 6) is 0. The summed E-state index contributed by atoms with van der Waals surface area (Å²) in [7, 11) is 0. The number of hydrogen-bond donors (Lipinski definition) is 3. The maximum Gasteiger partial charge on any atom is 0.407 e. The van der Waals surface area contributed by atoms with Gasteiger partial charge in [-0.25, -0.2) is 4.79 Å². The van der Waals surface area contributed by atoms with Gasteiger partial charge in [0.15, 0.2) is 0 Å². The van der Waals surface area contributed by atoms with Gasteiger partial charge >= 0.3 is 6.09 Å². The maximum absolute atomic E-state index is 10.9. The first kappa shape index (κ1) is 9.97. The van der Waals surface area contributed by atoms with Gasteiger partial charge in [-0.15, -0.1) is 0 Å². The number of aromatic nitrogens is 2. The Hall–Kier alpha value is -1.56. The van der Waals surface area contributed by atoms with E-state index in [2.05, 4.69) is 10.2 Å². The summed E-state index contributed by atoms with van der Waals surface area (Å²) in [6.45, 7) is 0.984. The first-order chi connectivity index (χ1) is 7.22. The summed E-state index contributed by atoms with van der Waals surface area (Å²) in [5, 5.41) is 15.9. The molecule has 15 heavy (non-hydrogen) atoms. The number of nitrogens with zero attached hydrogens (tertiary/aromatic N) is 2. The van der Waals surface area contributed by atoms with Gasteiger partial charge in [0, 0.05) is 18.8 Å². The number of carboxylic acid groups (broad SMARTS) is 1. The van der Waals surface area contributed by atoms with E-state index < -0.39 is 6.09 Å². The largest absolute Gasteiger partial charge is 0.465 e. The monoisotopic (exact) mass is 210 g/mol. The van der Waals surface area contributed by atoms with Crippen molar-refractivity contribution in [3.05, 3.63) is 17.5 Å². The molecule has 0 spiro atoms. The molecule has 6 nitrogen and oxygen atoms in total. The SMILES string of the molecule is NCc1cc(C2CCCN2C(=O)O)n[nH]1. The van der Waals surface area contributed by atoms with E-state index in [-0.39, 0.29) is 6.04 Å². The van der Waals surface area contributed by atoms with Crippen LogP contribution < -0.4 is 5.73 Å². The van der Waals surface area contributed by atoms with Gasteiger partial charge < -0.3 is 10.8 Å². The minimum absolute atomic E-state index is 0.112. The van der Waals surface area contributed by atoms with Crippen LogP contribution in [0.15, 0.2) is 6.07 Å². The highest BCUT2D eigenvalue weighted by Crippen LogP contribution is 2.30. The Labute approximate surface area is 87.1 Å². The van der Waals surface area contributed by atoms with E-state index in [4.69, 9.17) is 10.8 Å². The Bertz CT molecular complexity index is 363. The van der Waals surface area contributed by atoms with E-state index in [0.717, 1.165) is 24.2 Å². The number of aromatic amines is 1. The van der Waals surface area contributed by atoms with Gasteiger partial charge in [-0.2, -0.15) is 5.10 Å². The zero-order valence-electron chi connectivity index (χ0n) is 8.31. The summed E-state index contributed by atoms with van der Waals surface area (Å²) >= 11 is 0. The third-order valence-corrected chi connectivity index (χ3v) is 2.71. The summed E-state index contributed by atoms with van der Waals surface area (Å²) in [5.41, 5.74) is 7.06. The zero-order chi connectivity index (χ0) is 10.8. The molecule has 1 aromatic heterocycles. The zero-order valence-corrected chi connectivity index (χ0v) is 8.31. The highest BCUT2D eigenvalue weighted by Gasteiger charge is 2.31. The van der Waals surface area contributed by atoms with Gasteiger partial charge in [0.1, 0.15) is 0 Å². The lowest BCUT2D eigenvalue weighted by Gasteiger charge is -2.19. The molecule has 1 saturated heterocycles. The average Bonchev–Trinajstić information content (AvgIpc) is 2.85. The van der Waals surface area contributed by atoms with Crippen molar-refractivity contribution in [2.45, 2.75) is 25.4 Å². The molecule has 2 rings (SSSR count). The molecule has 1 aromatic rings. The highest BCUT2D eigenvalue weighted by atomic mass is 16.4. The number of nitrogens with one attached hydrogen (secondary N) is 1. The number of carbonyl (C=O) groups is 1. The molecule has 0 radical (unpaired) electrons. The molecule has 1 unspecified atom stereocenters. The highest BCUT2D eigenvalue weighted by molar-refractivity contribution is 5.66. The molecule has 2 heterocycles. The fourth-order valence-electron chi connectivity index (χ4n) is 1.96. The number of amides is 1. The fraction of sp³-hybridized carbons (Fsp3) is 0.556. The molecule has 0 saturated carbocycles. The molecule has 1 atom stereocenters. The Morgan fingerprint density at radius 1 is 1.80 bits per heavy atom. The lowest BCUT2D eigenvalue weighted by atomic mass is 10.1. The molecule has 82 valence electrons. The molecule has 0 aliphatic carbocycles. The minimum Gasteiger partial charge on any atom is -0.465 e. The minimum atomic E-state index is -0.880. The van der Waals surface area contributed by atoms with Crippen molar-refractivity contribution in [1.82, 2.24) is 15.1 Å². The van der Waals surface area contributed by atoms with E-state index in [0.29, 0.717) is 13.1 Å². The number of hydrogen-bond acceptors (Lipinski definition) is 3. The van der Waals surface area contributed by atoms with Gasteiger partial charge in [0.2, 0.25) is 0 Å². The third-order valence-electron chi connectivity index (χ3n) is 2.71. The van der Waals surface area contributed by atoms with Gasteiger partial charge in [-0.1, -0.05) is 0 Å². The lowest BCUT2D eigenvalue weighted by Crippen LogP contribution is -2.28. The predicted molar refractivity (Wildman–Crippen MR) is 53.2 cm³/mol. The summed E-state index contributed by atoms with van der Waals surface area (Å²) < 4.78 is 0. The van der Waals surface area contributed by atoms with E-state index in [1.807, 2.05) is 6.07 Å². The second kappa shape index (κ2) is 3.90. The molecule has 4 N–H and O–H groups in total. The van der Waals surface area contributed by atoms with Crippen LogP contribution in [0.4, 0.5) is 4.79 Å². The van der Waals surface area contributed by atoms with Crippen molar-refractivity contribution in [1.29, 1.82) is 0 Å². The molecule has 1 amide bonds. The van der Waals surface area contributed by atoms with Crippen molar-refractivity contribution in [2.75, 3.05) is 6.54 Å². The van der Waals surface area contributed by atoms with Crippen LogP contribution in [0, 0.1) is 0 Å². The fourth-order valence-corrected chi connectivity index (χ4v) is 1.96. The summed E-state index contributed by atoms with van der Waals surface area (Å²) in [4.78, 5) is 12.4. The molecule has 1 fully saturated rings. The van der Waals surface area contributed by atoms with Crippen molar-refractivity contribution in [2.24, 2.45) is 5.73 Å². The second-order valence-corrected chi connectivity index (χ2v) is 3.66. The van der Waals surface area contributed by atoms with Crippen LogP contribution in [0.3, 0.4) is 0 Å². The quantitative estimate of drug-likeness (QED) is 0.669. The molecule has 0 aromatic carbocycles. The van der Waals surface area contributed by atoms with E-state index in [1.54, 1.807) is 0 Å². The number of H-pyrrole nitrogens is 1. The standard InChI is InChI=1S/C9H14N4O2/c10-5-6-4-7(12-11-6)8-2-1-3-13(8)9(14)15/h4,8H,1-3,5,10H2,(H,11,12)(H,14,15). The maximum atomic E-state index is 10.9. The van der Waals surface area contributed by atoms with E-state index in [1.165, 1.54) is 4.90 Å². The molecule has 6 heteroatoms. The van der Waals surface area contributed by atoms with Gasteiger partial charge in [-0.05, 0) is 18.9 Å². The molecule has 1 aliphatic heterocycles. The number of rotatable bonds is 2. The molecule has 1 aliphatic rings. The number of nitrogens with two attached hydrogens (primary N) is 1. The average molecular weight is 210 g/mol. The van der Waals surface area contributed by atoms with Crippen LogP contribution in [-0.4, -0.2) is 32.8 Å². The summed E-state index contributed by atoms with van der Waals surface area (Å²) in [6.07, 6.45) is 0.845. The number of likely N-dealkylation sites (tertiary alicyclic amines) is 1. The van der Waals surface area contributed by atoms with Crippen LogP contribution in [0.1, 0.15) is 30.3 Å². The van der Waals surface area contributed by atoms with Crippen LogP contribution in [0.5, 0.6) is 0 Å². The van der Waals surface area contributed by atoms with Crippen molar-refractivity contribution in [3.63, 3.8) is 0 Å². The first-order valence-corrected chi connectivity index (χ1v) is 4.96. The van der Waals surface area contributed by atoms with Crippen LogP contribution in [0.2, 0.25) is 0 Å². The third kappa shape index (κ3) is 1.80. The van der Waals surface area contributed by atoms with Crippen molar-refractivity contribution in [3.8, 4) is 0 Å². The predicted octanol–water partition coefficient (Wildman–Crippen LogP) is 0.683. The van der Waals surface area contributed by atoms with Crippen LogP contribution in [-0.2, 0) is 6.54 Å². The smallest absolute Gasteiger partial charge is 0.407 e. The Morgan fingerprint density at radius 2 is 2.60 bits per heavy atom. The van der Waals surface area contributed by atoms with E-state index in [9.17, 15) is 4.79 Å². The summed E-state index contributed by atoms with van der Waals surface area (Å²) in [6, 6.07) is 1.73. The first-order valence-electron chi connectivity index (χ1n) is 4.96. The normalized spacial score (nSPS) is 20.9. The van der Waals surface area contributed by atoms with Crippen molar-refractivity contribution < 1.29 is 9.90 Å². The van der Waals surface area contributed by atoms with Gasteiger partial charge in [0.05, 0.1) is 11.7 Å². The molecular weight excluding hydrogens is 196 g/mol. The Kier molecular flexibility index (Phi) is 2.59. The van der Waals surface area contributed by atoms with Gasteiger partial charge in [-0.3, -0.25) is 10.00 Å². The van der Waals surface area contributed by atoms with Gasteiger partial charge in [0.25, 0.3) is 0 Å². The molecule has 0 bridgehead atoms.